The molecule has 1 fully saturated rings. The van der Waals surface area contributed by atoms with Crippen LogP contribution in [-0.2, 0) is 11.2 Å². The number of hydrogen-bond donors (Lipinski definition) is 2. The molecule has 0 radical (unpaired) electrons. The third-order valence-electron chi connectivity index (χ3n) is 5.50. The lowest BCUT2D eigenvalue weighted by Gasteiger charge is -2.14. The summed E-state index contributed by atoms with van der Waals surface area (Å²) in [7, 11) is 2.82. The van der Waals surface area contributed by atoms with Crippen LogP contribution < -0.4 is 18.9 Å². The van der Waals surface area contributed by atoms with Gasteiger partial charge in [0.1, 0.15) is 5.56 Å². The van der Waals surface area contributed by atoms with E-state index in [0.29, 0.717) is 17.1 Å². The van der Waals surface area contributed by atoms with Crippen molar-refractivity contribution in [1.29, 1.82) is 0 Å². The lowest BCUT2D eigenvalue weighted by molar-refractivity contribution is 0.0691. The Hall–Kier alpha value is -2.92. The lowest BCUT2D eigenvalue weighted by Crippen LogP contribution is -2.10. The first kappa shape index (κ1) is 17.2. The number of carboxylic acids is 1. The number of aromatic carboxylic acids is 1. The van der Waals surface area contributed by atoms with Gasteiger partial charge in [-0.15, -0.1) is 11.8 Å². The zero-order valence-electron chi connectivity index (χ0n) is 15.1. The summed E-state index contributed by atoms with van der Waals surface area (Å²) in [5.41, 5.74) is 2.30. The number of methoxy groups -OCH3 is 2. The highest BCUT2D eigenvalue weighted by Gasteiger charge is 2.63. The van der Waals surface area contributed by atoms with Crippen LogP contribution in [0.2, 0.25) is 0 Å². The van der Waals surface area contributed by atoms with E-state index >= 15 is 0 Å². The van der Waals surface area contributed by atoms with Crippen LogP contribution >= 0.6 is 11.8 Å². The van der Waals surface area contributed by atoms with Crippen molar-refractivity contribution in [3.8, 4) is 28.7 Å². The second-order valence-electron chi connectivity index (χ2n) is 6.79. The van der Waals surface area contributed by atoms with Crippen LogP contribution in [0.5, 0.6) is 28.7 Å². The van der Waals surface area contributed by atoms with Crippen LogP contribution in [0.1, 0.15) is 38.7 Å². The minimum Gasteiger partial charge on any atom is -0.504 e. The molecule has 2 aromatic carbocycles. The van der Waals surface area contributed by atoms with Gasteiger partial charge < -0.3 is 29.2 Å². The Balaban J connectivity index is 1.63. The highest BCUT2D eigenvalue weighted by Crippen LogP contribution is 2.78. The van der Waals surface area contributed by atoms with Gasteiger partial charge in [0, 0.05) is 11.1 Å². The molecule has 0 amide bonds. The molecule has 0 saturated carbocycles. The van der Waals surface area contributed by atoms with Gasteiger partial charge in [-0.25, -0.2) is 4.79 Å². The van der Waals surface area contributed by atoms with E-state index in [1.165, 1.54) is 14.2 Å². The third-order valence-corrected chi connectivity index (χ3v) is 7.19. The molecular weight excluding hydrogens is 384 g/mol. The number of benzene rings is 1. The van der Waals surface area contributed by atoms with Crippen molar-refractivity contribution >= 4 is 17.7 Å². The van der Waals surface area contributed by atoms with Gasteiger partial charge in [0.15, 0.2) is 17.2 Å². The number of phenols is 1. The molecule has 1 aliphatic carbocycles. The monoisotopic (exact) mass is 400 g/mol. The number of aromatic hydroxyl groups is 1. The van der Waals surface area contributed by atoms with Gasteiger partial charge in [-0.05, 0) is 30.5 Å². The Labute approximate surface area is 165 Å². The molecule has 0 aromatic heterocycles. The second-order valence-corrected chi connectivity index (χ2v) is 8.23. The van der Waals surface area contributed by atoms with E-state index in [1.54, 1.807) is 11.8 Å². The number of hydrogen-bond acceptors (Lipinski definition) is 7. The average molecular weight is 400 g/mol. The first-order chi connectivity index (χ1) is 13.5. The molecule has 2 aliphatic heterocycles. The number of aryl methyl sites for hydroxylation is 1. The van der Waals surface area contributed by atoms with Crippen molar-refractivity contribution in [2.45, 2.75) is 22.8 Å². The van der Waals surface area contributed by atoms with Gasteiger partial charge in [-0.3, -0.25) is 0 Å². The standard InChI is InChI=1S/C20H16O7S/c1-24-11-4-3-10(13(19(22)23)16(11)25-2)18-20(28-18)6-5-9-7-12-17(27-8-26-12)15(21)14(9)20/h7,18,21H,5-6,8H2,1-2H3,(H,22,23). The maximum Gasteiger partial charge on any atom is 0.340 e. The highest BCUT2D eigenvalue weighted by atomic mass is 32.2. The first-order valence-corrected chi connectivity index (χ1v) is 9.54. The molecule has 144 valence electrons. The minimum atomic E-state index is -1.12. The number of thioether (sulfide) groups is 1. The van der Waals surface area contributed by atoms with E-state index in [9.17, 15) is 15.0 Å². The fourth-order valence-electron chi connectivity index (χ4n) is 4.27. The minimum absolute atomic E-state index is 0.0150. The molecule has 2 heterocycles. The Morgan fingerprint density at radius 1 is 1.32 bits per heavy atom. The third kappa shape index (κ3) is 2.11. The van der Waals surface area contributed by atoms with Crippen LogP contribution in [0.25, 0.3) is 0 Å². The van der Waals surface area contributed by atoms with Crippen LogP contribution in [0.3, 0.4) is 0 Å². The summed E-state index contributed by atoms with van der Waals surface area (Å²) in [5, 5.41) is 20.5. The van der Waals surface area contributed by atoms with Crippen LogP contribution in [0, 0.1) is 12.1 Å². The topological polar surface area (TPSA) is 94.5 Å². The zero-order chi connectivity index (χ0) is 19.6. The van der Waals surface area contributed by atoms with E-state index < -0.39 is 10.7 Å². The smallest absolute Gasteiger partial charge is 0.340 e. The second kappa shape index (κ2) is 5.79. The maximum atomic E-state index is 12.0. The van der Waals surface area contributed by atoms with E-state index in [-0.39, 0.29) is 34.9 Å². The molecule has 2 unspecified atom stereocenters. The van der Waals surface area contributed by atoms with Crippen LogP contribution in [0.15, 0.2) is 6.07 Å². The van der Waals surface area contributed by atoms with Gasteiger partial charge in [0.05, 0.1) is 24.2 Å². The van der Waals surface area contributed by atoms with Gasteiger partial charge >= 0.3 is 5.97 Å². The fourth-order valence-corrected chi connectivity index (χ4v) is 5.83. The Morgan fingerprint density at radius 2 is 2.14 bits per heavy atom. The zero-order valence-corrected chi connectivity index (χ0v) is 15.9. The van der Waals surface area contributed by atoms with E-state index in [0.717, 1.165) is 24.0 Å². The van der Waals surface area contributed by atoms with Crippen LogP contribution in [-0.4, -0.2) is 37.2 Å². The summed E-state index contributed by atoms with van der Waals surface area (Å²) in [6.07, 6.45) is 1.54. The highest BCUT2D eigenvalue weighted by molar-refractivity contribution is 8.07. The van der Waals surface area contributed by atoms with E-state index in [1.807, 2.05) is 6.07 Å². The molecule has 3 aliphatic rings. The Bertz CT molecular complexity index is 1020. The SMILES string of the molecule is COc1c#cc(C2SC23CCc2cc4c(c(O)c23)OCO4)c(C(=O)O)c1OC. The Kier molecular flexibility index (Phi) is 3.55. The quantitative estimate of drug-likeness (QED) is 0.757. The summed E-state index contributed by atoms with van der Waals surface area (Å²) < 4.78 is 20.9. The predicted octanol–water partition coefficient (Wildman–Crippen LogP) is 3.07. The summed E-state index contributed by atoms with van der Waals surface area (Å²) >= 11 is 1.60. The molecule has 28 heavy (non-hydrogen) atoms. The molecule has 2 atom stereocenters. The van der Waals surface area contributed by atoms with Crippen molar-refractivity contribution in [3.63, 3.8) is 0 Å². The van der Waals surface area contributed by atoms with Gasteiger partial charge in [0.2, 0.25) is 18.3 Å². The molecular formula is C20H16O7S. The normalized spacial score (nSPS) is 23.3. The number of phenolic OH excluding ortho intramolecular Hbond substituents is 1. The maximum absolute atomic E-state index is 12.0. The molecule has 7 nitrogen and oxygen atoms in total. The summed E-state index contributed by atoms with van der Waals surface area (Å²) in [4.78, 5) is 12.0. The van der Waals surface area contributed by atoms with E-state index in [4.69, 9.17) is 18.9 Å². The molecule has 1 spiro atoms. The summed E-state index contributed by atoms with van der Waals surface area (Å²) in [5.74, 6) is 0.186. The molecule has 2 aromatic rings. The molecule has 1 saturated heterocycles. The summed E-state index contributed by atoms with van der Waals surface area (Å²) in [6, 6.07) is 7.72. The van der Waals surface area contributed by atoms with E-state index in [2.05, 4.69) is 12.1 Å². The van der Waals surface area contributed by atoms with Gasteiger partial charge in [-0.2, -0.15) is 0 Å². The number of rotatable bonds is 4. The molecule has 5 rings (SSSR count). The number of fused-ring (bicyclic) bond motifs is 3. The average Bonchev–Trinajstić information content (AvgIpc) is 3.01. The molecule has 8 heteroatoms. The Morgan fingerprint density at radius 3 is 2.86 bits per heavy atom. The lowest BCUT2D eigenvalue weighted by atomic mass is 9.90. The largest absolute Gasteiger partial charge is 0.504 e. The number of carboxylic acid groups (broad SMARTS) is 1. The van der Waals surface area contributed by atoms with Crippen molar-refractivity contribution < 1.29 is 34.0 Å². The molecule has 2 N–H and O–H groups in total. The van der Waals surface area contributed by atoms with Crippen molar-refractivity contribution in [2.24, 2.45) is 0 Å². The fraction of sp³-hybridized carbons (Fsp3) is 0.350. The predicted molar refractivity (Wildman–Crippen MR) is 98.7 cm³/mol. The number of carbonyl (C=O) groups is 1. The van der Waals surface area contributed by atoms with Crippen molar-refractivity contribution in [3.05, 3.63) is 40.5 Å². The van der Waals surface area contributed by atoms with Gasteiger partial charge in [-0.1, -0.05) is 6.07 Å². The number of ether oxygens (including phenoxy) is 4. The summed E-state index contributed by atoms with van der Waals surface area (Å²) in [6.45, 7) is 0.0803. The molecule has 0 bridgehead atoms. The van der Waals surface area contributed by atoms with Crippen molar-refractivity contribution in [2.75, 3.05) is 21.0 Å². The first-order valence-electron chi connectivity index (χ1n) is 8.66. The van der Waals surface area contributed by atoms with Crippen molar-refractivity contribution in [1.82, 2.24) is 0 Å². The van der Waals surface area contributed by atoms with Gasteiger partial charge in [0.25, 0.3) is 0 Å². The van der Waals surface area contributed by atoms with Crippen LogP contribution in [0.4, 0.5) is 0 Å².